The Morgan fingerprint density at radius 1 is 1.22 bits per heavy atom. The third-order valence-electron chi connectivity index (χ3n) is 4.80. The molecule has 1 aliphatic heterocycles. The number of para-hydroxylation sites is 1. The van der Waals surface area contributed by atoms with Gasteiger partial charge in [-0.25, -0.2) is 4.98 Å². The zero-order valence-corrected chi connectivity index (χ0v) is 17.3. The number of rotatable bonds is 5. The van der Waals surface area contributed by atoms with E-state index in [1.807, 2.05) is 47.4 Å². The standard InChI is InChI=1S/C21H21BrN2O2S/c22-15-6-5-7-16(14-15)26-13-11-20(25)24-12-4-3-9-18(24)21-23-17-8-1-2-10-19(17)27-21/h1-2,5-8,10,14,18H,3-4,9,11-13H2. The number of halogens is 1. The maximum absolute atomic E-state index is 12.9. The van der Waals surface area contributed by atoms with Gasteiger partial charge in [0.05, 0.1) is 29.3 Å². The van der Waals surface area contributed by atoms with Crippen molar-refractivity contribution >= 4 is 43.4 Å². The van der Waals surface area contributed by atoms with E-state index in [9.17, 15) is 4.79 Å². The third kappa shape index (κ3) is 4.33. The highest BCUT2D eigenvalue weighted by molar-refractivity contribution is 9.10. The smallest absolute Gasteiger partial charge is 0.226 e. The predicted molar refractivity (Wildman–Crippen MR) is 112 cm³/mol. The minimum absolute atomic E-state index is 0.0921. The lowest BCUT2D eigenvalue weighted by Crippen LogP contribution is -2.39. The normalized spacial score (nSPS) is 17.2. The van der Waals surface area contributed by atoms with Crippen molar-refractivity contribution in [1.29, 1.82) is 0 Å². The Balaban J connectivity index is 1.42. The zero-order chi connectivity index (χ0) is 18.6. The number of piperidine rings is 1. The summed E-state index contributed by atoms with van der Waals surface area (Å²) in [6.07, 6.45) is 3.56. The maximum atomic E-state index is 12.9. The van der Waals surface area contributed by atoms with Gasteiger partial charge in [0.15, 0.2) is 0 Å². The van der Waals surface area contributed by atoms with Crippen molar-refractivity contribution in [3.63, 3.8) is 0 Å². The molecule has 1 saturated heterocycles. The van der Waals surface area contributed by atoms with Crippen molar-refractivity contribution in [2.45, 2.75) is 31.7 Å². The van der Waals surface area contributed by atoms with Gasteiger partial charge >= 0.3 is 0 Å². The molecule has 3 aromatic rings. The average molecular weight is 445 g/mol. The van der Waals surface area contributed by atoms with Gasteiger partial charge in [0.25, 0.3) is 0 Å². The van der Waals surface area contributed by atoms with E-state index in [4.69, 9.17) is 9.72 Å². The van der Waals surface area contributed by atoms with Crippen LogP contribution >= 0.6 is 27.3 Å². The summed E-state index contributed by atoms with van der Waals surface area (Å²) in [5.41, 5.74) is 1.02. The molecular formula is C21H21BrN2O2S. The molecule has 1 unspecified atom stereocenters. The Labute approximate surface area is 171 Å². The van der Waals surface area contributed by atoms with Gasteiger partial charge in [0.1, 0.15) is 10.8 Å². The van der Waals surface area contributed by atoms with Crippen LogP contribution in [0.3, 0.4) is 0 Å². The highest BCUT2D eigenvalue weighted by atomic mass is 79.9. The van der Waals surface area contributed by atoms with Crippen molar-refractivity contribution in [2.75, 3.05) is 13.2 Å². The monoisotopic (exact) mass is 444 g/mol. The average Bonchev–Trinajstić information content (AvgIpc) is 3.12. The van der Waals surface area contributed by atoms with Gasteiger partial charge in [-0.05, 0) is 49.6 Å². The minimum atomic E-state index is 0.0921. The van der Waals surface area contributed by atoms with Crippen LogP contribution in [0.15, 0.2) is 53.0 Å². The van der Waals surface area contributed by atoms with Crippen LogP contribution in [-0.4, -0.2) is 28.9 Å². The molecule has 0 saturated carbocycles. The summed E-state index contributed by atoms with van der Waals surface area (Å²) in [5.74, 6) is 0.924. The van der Waals surface area contributed by atoms with Crippen LogP contribution in [0.5, 0.6) is 5.75 Å². The lowest BCUT2D eigenvalue weighted by molar-refractivity contribution is -0.135. The molecule has 2 heterocycles. The van der Waals surface area contributed by atoms with E-state index in [1.165, 1.54) is 4.70 Å². The Hall–Kier alpha value is -1.92. The van der Waals surface area contributed by atoms with E-state index in [2.05, 4.69) is 22.0 Å². The lowest BCUT2D eigenvalue weighted by Gasteiger charge is -2.34. The van der Waals surface area contributed by atoms with Gasteiger partial charge < -0.3 is 9.64 Å². The molecule has 0 N–H and O–H groups in total. The summed E-state index contributed by atoms with van der Waals surface area (Å²) in [7, 11) is 0. The quantitative estimate of drug-likeness (QED) is 0.515. The van der Waals surface area contributed by atoms with Gasteiger partial charge in [0.2, 0.25) is 5.91 Å². The van der Waals surface area contributed by atoms with Crippen molar-refractivity contribution < 1.29 is 9.53 Å². The van der Waals surface area contributed by atoms with Crippen molar-refractivity contribution in [2.24, 2.45) is 0 Å². The molecule has 4 rings (SSSR count). The summed E-state index contributed by atoms with van der Waals surface area (Å²) in [5, 5.41) is 1.05. The molecule has 4 nitrogen and oxygen atoms in total. The molecule has 140 valence electrons. The van der Waals surface area contributed by atoms with Crippen molar-refractivity contribution in [3.8, 4) is 5.75 Å². The number of likely N-dealkylation sites (tertiary alicyclic amines) is 1. The Bertz CT molecular complexity index is 910. The third-order valence-corrected chi connectivity index (χ3v) is 6.43. The number of aromatic nitrogens is 1. The van der Waals surface area contributed by atoms with Crippen LogP contribution in [0.4, 0.5) is 0 Å². The van der Waals surface area contributed by atoms with Gasteiger partial charge in [-0.15, -0.1) is 11.3 Å². The van der Waals surface area contributed by atoms with Crippen LogP contribution < -0.4 is 4.74 Å². The van der Waals surface area contributed by atoms with Crippen LogP contribution in [0.25, 0.3) is 10.2 Å². The maximum Gasteiger partial charge on any atom is 0.226 e. The highest BCUT2D eigenvalue weighted by Crippen LogP contribution is 2.35. The fourth-order valence-electron chi connectivity index (χ4n) is 3.48. The molecule has 1 aliphatic rings. The number of ether oxygens (including phenoxy) is 1. The molecule has 1 fully saturated rings. The first-order valence-corrected chi connectivity index (χ1v) is 10.8. The number of carbonyl (C=O) groups excluding carboxylic acids is 1. The number of thiazole rings is 1. The summed E-state index contributed by atoms with van der Waals surface area (Å²) in [6, 6.07) is 16.0. The first-order valence-electron chi connectivity index (χ1n) is 9.24. The summed E-state index contributed by atoms with van der Waals surface area (Å²) >= 11 is 5.14. The van der Waals surface area contributed by atoms with E-state index in [0.717, 1.165) is 46.6 Å². The fraction of sp³-hybridized carbons (Fsp3) is 0.333. The minimum Gasteiger partial charge on any atom is -0.493 e. The number of fused-ring (bicyclic) bond motifs is 1. The molecule has 0 spiro atoms. The second-order valence-electron chi connectivity index (χ2n) is 6.67. The van der Waals surface area contributed by atoms with E-state index in [-0.39, 0.29) is 11.9 Å². The molecule has 1 atom stereocenters. The van der Waals surface area contributed by atoms with Crippen LogP contribution in [-0.2, 0) is 4.79 Å². The SMILES string of the molecule is O=C(CCOc1cccc(Br)c1)N1CCCCC1c1nc2ccccc2s1. The number of nitrogens with zero attached hydrogens (tertiary/aromatic N) is 2. The molecule has 0 aliphatic carbocycles. The summed E-state index contributed by atoms with van der Waals surface area (Å²) in [4.78, 5) is 19.7. The molecule has 0 bridgehead atoms. The van der Waals surface area contributed by atoms with Gasteiger partial charge in [-0.1, -0.05) is 34.1 Å². The molecular weight excluding hydrogens is 424 g/mol. The molecule has 2 aromatic carbocycles. The van der Waals surface area contributed by atoms with E-state index >= 15 is 0 Å². The van der Waals surface area contributed by atoms with Crippen molar-refractivity contribution in [1.82, 2.24) is 9.88 Å². The van der Waals surface area contributed by atoms with Crippen LogP contribution in [0.1, 0.15) is 36.7 Å². The topological polar surface area (TPSA) is 42.4 Å². The van der Waals surface area contributed by atoms with E-state index in [1.54, 1.807) is 11.3 Å². The number of benzene rings is 2. The highest BCUT2D eigenvalue weighted by Gasteiger charge is 2.30. The van der Waals surface area contributed by atoms with Crippen molar-refractivity contribution in [3.05, 3.63) is 58.0 Å². The Morgan fingerprint density at radius 2 is 2.11 bits per heavy atom. The number of amides is 1. The number of hydrogen-bond acceptors (Lipinski definition) is 4. The van der Waals surface area contributed by atoms with E-state index < -0.39 is 0 Å². The van der Waals surface area contributed by atoms with Crippen LogP contribution in [0, 0.1) is 0 Å². The Kier molecular flexibility index (Phi) is 5.74. The first-order chi connectivity index (χ1) is 13.2. The molecule has 1 amide bonds. The molecule has 6 heteroatoms. The Morgan fingerprint density at radius 3 is 2.96 bits per heavy atom. The van der Waals surface area contributed by atoms with E-state index in [0.29, 0.717) is 13.0 Å². The zero-order valence-electron chi connectivity index (χ0n) is 14.9. The fourth-order valence-corrected chi connectivity index (χ4v) is 4.97. The van der Waals surface area contributed by atoms with Gasteiger partial charge in [0, 0.05) is 11.0 Å². The van der Waals surface area contributed by atoms with Gasteiger partial charge in [-0.3, -0.25) is 4.79 Å². The second-order valence-corrected chi connectivity index (χ2v) is 8.65. The largest absolute Gasteiger partial charge is 0.493 e. The predicted octanol–water partition coefficient (Wildman–Crippen LogP) is 5.58. The number of carbonyl (C=O) groups is 1. The second kappa shape index (κ2) is 8.40. The first kappa shape index (κ1) is 18.4. The lowest BCUT2D eigenvalue weighted by atomic mass is 10.0. The summed E-state index contributed by atoms with van der Waals surface area (Å²) in [6.45, 7) is 1.19. The van der Waals surface area contributed by atoms with Gasteiger partial charge in [-0.2, -0.15) is 0 Å². The van der Waals surface area contributed by atoms with Crippen LogP contribution in [0.2, 0.25) is 0 Å². The number of hydrogen-bond donors (Lipinski definition) is 0. The summed E-state index contributed by atoms with van der Waals surface area (Å²) < 4.78 is 7.90. The molecule has 1 aromatic heterocycles. The molecule has 0 radical (unpaired) electrons. The molecule has 27 heavy (non-hydrogen) atoms.